The molecule has 0 saturated carbocycles. The van der Waals surface area contributed by atoms with Gasteiger partial charge in [-0.3, -0.25) is 0 Å². The molecule has 0 unspecified atom stereocenters. The Balaban J connectivity index is 2.94. The van der Waals surface area contributed by atoms with Crippen molar-refractivity contribution in [1.82, 2.24) is 0 Å². The first kappa shape index (κ1) is 11.5. The molecule has 0 spiro atoms. The van der Waals surface area contributed by atoms with E-state index in [-0.39, 0.29) is 11.3 Å². The SMILES string of the molecule is CCCOC(=O)c1cc(C)c(F)cc1N. The molecule has 3 nitrogen and oxygen atoms in total. The summed E-state index contributed by atoms with van der Waals surface area (Å²) in [5.41, 5.74) is 6.24. The first-order chi connectivity index (χ1) is 7.06. The third-order valence-corrected chi connectivity index (χ3v) is 1.99. The number of nitrogens with two attached hydrogens (primary N) is 1. The largest absolute Gasteiger partial charge is 0.462 e. The van der Waals surface area contributed by atoms with E-state index < -0.39 is 11.8 Å². The zero-order chi connectivity index (χ0) is 11.4. The van der Waals surface area contributed by atoms with Crippen LogP contribution in [0.15, 0.2) is 12.1 Å². The van der Waals surface area contributed by atoms with Crippen LogP contribution in [0.5, 0.6) is 0 Å². The lowest BCUT2D eigenvalue weighted by Gasteiger charge is -2.07. The third-order valence-electron chi connectivity index (χ3n) is 1.99. The van der Waals surface area contributed by atoms with Crippen molar-refractivity contribution in [2.45, 2.75) is 20.3 Å². The van der Waals surface area contributed by atoms with E-state index in [9.17, 15) is 9.18 Å². The maximum atomic E-state index is 13.0. The number of aryl methyl sites for hydroxylation is 1. The molecule has 0 aliphatic carbocycles. The monoisotopic (exact) mass is 211 g/mol. The normalized spacial score (nSPS) is 10.1. The van der Waals surface area contributed by atoms with Gasteiger partial charge in [-0.2, -0.15) is 0 Å². The number of benzene rings is 1. The predicted molar refractivity (Wildman–Crippen MR) is 56.1 cm³/mol. The fourth-order valence-electron chi connectivity index (χ4n) is 1.15. The van der Waals surface area contributed by atoms with Crippen LogP contribution in [-0.2, 0) is 4.74 Å². The van der Waals surface area contributed by atoms with Crippen molar-refractivity contribution in [2.24, 2.45) is 0 Å². The minimum atomic E-state index is -0.502. The van der Waals surface area contributed by atoms with Crippen LogP contribution in [-0.4, -0.2) is 12.6 Å². The van der Waals surface area contributed by atoms with Crippen LogP contribution in [0.3, 0.4) is 0 Å². The first-order valence-electron chi connectivity index (χ1n) is 4.79. The molecule has 0 aliphatic heterocycles. The second-order valence-corrected chi connectivity index (χ2v) is 3.32. The summed E-state index contributed by atoms with van der Waals surface area (Å²) >= 11 is 0. The Morgan fingerprint density at radius 1 is 1.53 bits per heavy atom. The smallest absolute Gasteiger partial charge is 0.340 e. The molecule has 0 saturated heterocycles. The van der Waals surface area contributed by atoms with Crippen LogP contribution >= 0.6 is 0 Å². The molecule has 0 radical (unpaired) electrons. The number of hydrogen-bond donors (Lipinski definition) is 1. The Morgan fingerprint density at radius 3 is 2.80 bits per heavy atom. The molecule has 4 heteroatoms. The van der Waals surface area contributed by atoms with Crippen LogP contribution in [0, 0.1) is 12.7 Å². The van der Waals surface area contributed by atoms with Gasteiger partial charge in [0.1, 0.15) is 5.82 Å². The number of anilines is 1. The maximum Gasteiger partial charge on any atom is 0.340 e. The van der Waals surface area contributed by atoms with Gasteiger partial charge in [0.25, 0.3) is 0 Å². The second-order valence-electron chi connectivity index (χ2n) is 3.32. The van der Waals surface area contributed by atoms with Crippen LogP contribution in [0.25, 0.3) is 0 Å². The van der Waals surface area contributed by atoms with Gasteiger partial charge in [-0.05, 0) is 31.0 Å². The molecule has 0 bridgehead atoms. The lowest BCUT2D eigenvalue weighted by Crippen LogP contribution is -2.09. The van der Waals surface area contributed by atoms with Crippen LogP contribution in [0.2, 0.25) is 0 Å². The van der Waals surface area contributed by atoms with Gasteiger partial charge in [0, 0.05) is 5.69 Å². The molecule has 0 fully saturated rings. The maximum absolute atomic E-state index is 13.0. The minimum absolute atomic E-state index is 0.110. The quantitative estimate of drug-likeness (QED) is 0.616. The van der Waals surface area contributed by atoms with Crippen molar-refractivity contribution in [3.63, 3.8) is 0 Å². The van der Waals surface area contributed by atoms with E-state index in [1.165, 1.54) is 6.07 Å². The van der Waals surface area contributed by atoms with Gasteiger partial charge >= 0.3 is 5.97 Å². The number of ether oxygens (including phenoxy) is 1. The number of carbonyl (C=O) groups is 1. The molecule has 0 amide bonds. The zero-order valence-electron chi connectivity index (χ0n) is 8.84. The van der Waals surface area contributed by atoms with Gasteiger partial charge in [0.15, 0.2) is 0 Å². The average Bonchev–Trinajstić information content (AvgIpc) is 2.20. The molecular formula is C11H14FNO2. The summed E-state index contributed by atoms with van der Waals surface area (Å²) < 4.78 is 18.0. The predicted octanol–water partition coefficient (Wildman–Crippen LogP) is 2.28. The number of esters is 1. The highest BCUT2D eigenvalue weighted by atomic mass is 19.1. The van der Waals surface area contributed by atoms with Crippen molar-refractivity contribution < 1.29 is 13.9 Å². The van der Waals surface area contributed by atoms with E-state index in [4.69, 9.17) is 10.5 Å². The van der Waals surface area contributed by atoms with Gasteiger partial charge in [0.2, 0.25) is 0 Å². The van der Waals surface area contributed by atoms with Gasteiger partial charge < -0.3 is 10.5 Å². The second kappa shape index (κ2) is 4.77. The summed E-state index contributed by atoms with van der Waals surface area (Å²) in [5.74, 6) is -0.919. The molecule has 0 aliphatic rings. The summed E-state index contributed by atoms with van der Waals surface area (Å²) in [7, 11) is 0. The Kier molecular flexibility index (Phi) is 3.66. The van der Waals surface area contributed by atoms with E-state index in [0.717, 1.165) is 12.5 Å². The molecule has 0 atom stereocenters. The van der Waals surface area contributed by atoms with Gasteiger partial charge in [0.05, 0.1) is 12.2 Å². The molecule has 2 N–H and O–H groups in total. The molecule has 1 aromatic rings. The first-order valence-corrected chi connectivity index (χ1v) is 4.79. The molecule has 0 aromatic heterocycles. The van der Waals surface area contributed by atoms with E-state index >= 15 is 0 Å². The molecule has 1 aromatic carbocycles. The zero-order valence-corrected chi connectivity index (χ0v) is 8.84. The van der Waals surface area contributed by atoms with Crippen molar-refractivity contribution in [2.75, 3.05) is 12.3 Å². The minimum Gasteiger partial charge on any atom is -0.462 e. The van der Waals surface area contributed by atoms with E-state index in [1.54, 1.807) is 6.92 Å². The number of nitrogen functional groups attached to an aromatic ring is 1. The van der Waals surface area contributed by atoms with E-state index in [0.29, 0.717) is 12.2 Å². The Hall–Kier alpha value is -1.58. The van der Waals surface area contributed by atoms with Gasteiger partial charge in [-0.1, -0.05) is 6.92 Å². The Bertz CT molecular complexity index is 377. The van der Waals surface area contributed by atoms with Crippen molar-refractivity contribution >= 4 is 11.7 Å². The summed E-state index contributed by atoms with van der Waals surface area (Å²) in [6.07, 6.45) is 0.742. The Labute approximate surface area is 88.0 Å². The fraction of sp³-hybridized carbons (Fsp3) is 0.364. The van der Waals surface area contributed by atoms with Crippen LogP contribution < -0.4 is 5.73 Å². The highest BCUT2D eigenvalue weighted by Gasteiger charge is 2.13. The number of carbonyl (C=O) groups excluding carboxylic acids is 1. The molecule has 0 heterocycles. The van der Waals surface area contributed by atoms with Gasteiger partial charge in [-0.15, -0.1) is 0 Å². The van der Waals surface area contributed by atoms with E-state index in [1.807, 2.05) is 6.92 Å². The van der Waals surface area contributed by atoms with Crippen molar-refractivity contribution in [3.05, 3.63) is 29.1 Å². The molecule has 82 valence electrons. The average molecular weight is 211 g/mol. The number of rotatable bonds is 3. The molecule has 1 rings (SSSR count). The van der Waals surface area contributed by atoms with E-state index in [2.05, 4.69) is 0 Å². The molecule has 15 heavy (non-hydrogen) atoms. The standard InChI is InChI=1S/C11H14FNO2/c1-3-4-15-11(14)8-5-7(2)9(12)6-10(8)13/h5-6H,3-4,13H2,1-2H3. The third kappa shape index (κ3) is 2.68. The highest BCUT2D eigenvalue weighted by molar-refractivity contribution is 5.95. The summed E-state index contributed by atoms with van der Waals surface area (Å²) in [6.45, 7) is 3.81. The van der Waals surface area contributed by atoms with Gasteiger partial charge in [-0.25, -0.2) is 9.18 Å². The van der Waals surface area contributed by atoms with Crippen molar-refractivity contribution in [3.8, 4) is 0 Å². The topological polar surface area (TPSA) is 52.3 Å². The lowest BCUT2D eigenvalue weighted by molar-refractivity contribution is 0.0506. The lowest BCUT2D eigenvalue weighted by atomic mass is 10.1. The Morgan fingerprint density at radius 2 is 2.20 bits per heavy atom. The summed E-state index contributed by atoms with van der Waals surface area (Å²) in [6, 6.07) is 2.54. The number of hydrogen-bond acceptors (Lipinski definition) is 3. The molecular weight excluding hydrogens is 197 g/mol. The van der Waals surface area contributed by atoms with Crippen LogP contribution in [0.1, 0.15) is 29.3 Å². The number of halogens is 1. The fourth-order valence-corrected chi connectivity index (χ4v) is 1.15. The summed E-state index contributed by atoms with van der Waals surface area (Å²) in [5, 5.41) is 0. The summed E-state index contributed by atoms with van der Waals surface area (Å²) in [4.78, 5) is 11.5. The highest BCUT2D eigenvalue weighted by Crippen LogP contribution is 2.18. The van der Waals surface area contributed by atoms with Crippen molar-refractivity contribution in [1.29, 1.82) is 0 Å². The van der Waals surface area contributed by atoms with Crippen LogP contribution in [0.4, 0.5) is 10.1 Å².